The molecule has 0 amide bonds. The Morgan fingerprint density at radius 3 is 2.82 bits per heavy atom. The number of hydrogen-bond donors (Lipinski definition) is 1. The van der Waals surface area contributed by atoms with Gasteiger partial charge in [0.2, 0.25) is 0 Å². The summed E-state index contributed by atoms with van der Waals surface area (Å²) in [6.45, 7) is 1.20. The number of benzene rings is 2. The van der Waals surface area contributed by atoms with Crippen LogP contribution in [0, 0.1) is 24.0 Å². The molecule has 0 saturated carbocycles. The molecule has 6 rings (SSSR count). The number of ether oxygens (including phenoxy) is 2. The van der Waals surface area contributed by atoms with Crippen LogP contribution in [0.4, 0.5) is 14.6 Å². The molecule has 2 saturated heterocycles. The lowest BCUT2D eigenvalue weighted by Gasteiger charge is -2.28. The number of aromatic hydroxyl groups is 1. The molecule has 2 fully saturated rings. The normalized spacial score (nSPS) is 19.2. The van der Waals surface area contributed by atoms with Crippen molar-refractivity contribution in [3.8, 4) is 35.4 Å². The average molecular weight is 460 g/mol. The summed E-state index contributed by atoms with van der Waals surface area (Å²) < 4.78 is 41.5. The highest BCUT2D eigenvalue weighted by molar-refractivity contribution is 6.03. The molecular weight excluding hydrogens is 442 g/mol. The summed E-state index contributed by atoms with van der Waals surface area (Å²) in [5, 5.41) is 11.4. The highest BCUT2D eigenvalue weighted by Gasteiger charge is 2.40. The van der Waals surface area contributed by atoms with Crippen molar-refractivity contribution in [2.75, 3.05) is 25.2 Å². The van der Waals surface area contributed by atoms with Crippen LogP contribution in [0.1, 0.15) is 12.0 Å². The summed E-state index contributed by atoms with van der Waals surface area (Å²) in [4.78, 5) is 15.2. The van der Waals surface area contributed by atoms with Crippen LogP contribution in [0.15, 0.2) is 30.5 Å². The summed E-state index contributed by atoms with van der Waals surface area (Å²) in [5.41, 5.74) is 0.0108. The number of morpholine rings is 1. The molecule has 1 unspecified atom stereocenters. The van der Waals surface area contributed by atoms with Gasteiger partial charge < -0.3 is 19.5 Å². The summed E-state index contributed by atoms with van der Waals surface area (Å²) in [6.07, 6.45) is 8.03. The highest BCUT2D eigenvalue weighted by atomic mass is 19.1. The predicted molar refractivity (Wildman–Crippen MR) is 122 cm³/mol. The summed E-state index contributed by atoms with van der Waals surface area (Å²) >= 11 is 0. The van der Waals surface area contributed by atoms with Crippen LogP contribution in [-0.4, -0.2) is 52.5 Å². The van der Waals surface area contributed by atoms with Crippen LogP contribution >= 0.6 is 0 Å². The molecule has 2 aliphatic rings. The Labute approximate surface area is 193 Å². The molecule has 4 heterocycles. The maximum absolute atomic E-state index is 16.0. The maximum atomic E-state index is 16.0. The molecule has 2 atom stereocenters. The Kier molecular flexibility index (Phi) is 4.54. The van der Waals surface area contributed by atoms with E-state index in [2.05, 4.69) is 25.8 Å². The number of anilines is 1. The van der Waals surface area contributed by atoms with Crippen molar-refractivity contribution < 1.29 is 23.4 Å². The quantitative estimate of drug-likeness (QED) is 0.466. The van der Waals surface area contributed by atoms with E-state index in [-0.39, 0.29) is 51.6 Å². The fourth-order valence-electron chi connectivity index (χ4n) is 4.93. The van der Waals surface area contributed by atoms with Crippen LogP contribution in [0.5, 0.6) is 11.8 Å². The zero-order chi connectivity index (χ0) is 23.6. The fraction of sp³-hybridized carbons (Fsp3) is 0.240. The van der Waals surface area contributed by atoms with Crippen molar-refractivity contribution in [2.24, 2.45) is 0 Å². The van der Waals surface area contributed by atoms with Crippen molar-refractivity contribution in [3.63, 3.8) is 0 Å². The topological polar surface area (TPSA) is 80.6 Å². The third-order valence-electron chi connectivity index (χ3n) is 6.45. The number of phenolic OH excluding ortho intramolecular Hbond substituents is 1. The minimum absolute atomic E-state index is 0.00527. The van der Waals surface area contributed by atoms with Gasteiger partial charge in [-0.05, 0) is 30.0 Å². The van der Waals surface area contributed by atoms with E-state index in [1.807, 2.05) is 0 Å². The third kappa shape index (κ3) is 2.96. The molecule has 2 aromatic carbocycles. The van der Waals surface area contributed by atoms with Gasteiger partial charge in [-0.25, -0.2) is 8.78 Å². The van der Waals surface area contributed by atoms with E-state index in [9.17, 15) is 9.50 Å². The van der Waals surface area contributed by atoms with Crippen LogP contribution < -0.4 is 9.64 Å². The van der Waals surface area contributed by atoms with Gasteiger partial charge in [0.25, 0.3) is 0 Å². The highest BCUT2D eigenvalue weighted by Crippen LogP contribution is 2.40. The number of nitrogens with zero attached hydrogens (tertiary/aromatic N) is 4. The lowest BCUT2D eigenvalue weighted by atomic mass is 9.96. The zero-order valence-corrected chi connectivity index (χ0v) is 18.0. The van der Waals surface area contributed by atoms with Crippen molar-refractivity contribution >= 4 is 27.5 Å². The van der Waals surface area contributed by atoms with E-state index in [1.54, 1.807) is 0 Å². The smallest absolute Gasteiger partial charge is 0.318 e. The number of phenols is 1. The second kappa shape index (κ2) is 7.50. The molecular formula is C25H18F2N4O3. The molecule has 0 radical (unpaired) electrons. The Balaban J connectivity index is 1.62. The molecule has 7 nitrogen and oxygen atoms in total. The Hall–Kier alpha value is -4.03. The van der Waals surface area contributed by atoms with Crippen molar-refractivity contribution in [1.82, 2.24) is 15.0 Å². The number of fused-ring (bicyclic) bond motifs is 4. The van der Waals surface area contributed by atoms with E-state index in [0.717, 1.165) is 6.42 Å². The minimum Gasteiger partial charge on any atom is -0.508 e. The van der Waals surface area contributed by atoms with E-state index in [1.165, 1.54) is 37.6 Å². The number of pyridine rings is 1. The largest absolute Gasteiger partial charge is 0.508 e. The molecule has 1 N–H and O–H groups in total. The summed E-state index contributed by atoms with van der Waals surface area (Å²) in [5.74, 6) is 1.35. The first-order valence-corrected chi connectivity index (χ1v) is 10.7. The van der Waals surface area contributed by atoms with Crippen molar-refractivity contribution in [1.29, 1.82) is 0 Å². The molecule has 34 heavy (non-hydrogen) atoms. The second-order valence-corrected chi connectivity index (χ2v) is 8.37. The number of terminal acetylenes is 1. The molecule has 2 aromatic heterocycles. The van der Waals surface area contributed by atoms with Gasteiger partial charge in [-0.3, -0.25) is 4.98 Å². The van der Waals surface area contributed by atoms with Crippen LogP contribution in [0.2, 0.25) is 0 Å². The maximum Gasteiger partial charge on any atom is 0.318 e. The Morgan fingerprint density at radius 2 is 2.12 bits per heavy atom. The van der Waals surface area contributed by atoms with Gasteiger partial charge in [0.1, 0.15) is 28.6 Å². The average Bonchev–Trinajstić information content (AvgIpc) is 3.47. The third-order valence-corrected chi connectivity index (χ3v) is 6.45. The van der Waals surface area contributed by atoms with Crippen molar-refractivity contribution in [3.05, 3.63) is 47.7 Å². The summed E-state index contributed by atoms with van der Waals surface area (Å²) in [7, 11) is 1.41. The monoisotopic (exact) mass is 460 g/mol. The van der Waals surface area contributed by atoms with Gasteiger partial charge in [0.05, 0.1) is 36.8 Å². The van der Waals surface area contributed by atoms with Crippen LogP contribution in [0.25, 0.3) is 32.9 Å². The summed E-state index contributed by atoms with van der Waals surface area (Å²) in [6, 6.07) is 5.58. The van der Waals surface area contributed by atoms with Gasteiger partial charge in [0.15, 0.2) is 5.82 Å². The van der Waals surface area contributed by atoms with Crippen molar-refractivity contribution in [2.45, 2.75) is 18.6 Å². The number of hydrogen-bond acceptors (Lipinski definition) is 7. The SMILES string of the molecule is C#Cc1c(F)ccc2cc(O)cc(-c3ncc4c(N5C[C@H]6CC5CO6)nc(OC)nc4c3F)c12. The molecule has 2 bridgehead atoms. The van der Waals surface area contributed by atoms with Gasteiger partial charge >= 0.3 is 6.01 Å². The lowest BCUT2D eigenvalue weighted by Crippen LogP contribution is -2.37. The van der Waals surface area contributed by atoms with Gasteiger partial charge in [-0.1, -0.05) is 12.0 Å². The number of rotatable bonds is 3. The van der Waals surface area contributed by atoms with E-state index in [4.69, 9.17) is 15.9 Å². The Morgan fingerprint density at radius 1 is 1.26 bits per heavy atom. The first-order valence-electron chi connectivity index (χ1n) is 10.7. The van der Waals surface area contributed by atoms with Gasteiger partial charge in [0, 0.05) is 23.7 Å². The van der Waals surface area contributed by atoms with Crippen LogP contribution in [-0.2, 0) is 4.74 Å². The van der Waals surface area contributed by atoms with Gasteiger partial charge in [-0.15, -0.1) is 6.42 Å². The molecule has 9 heteroatoms. The molecule has 2 aliphatic heterocycles. The van der Waals surface area contributed by atoms with Gasteiger partial charge in [-0.2, -0.15) is 9.97 Å². The first kappa shape index (κ1) is 20.6. The standard InChI is InChI=1S/C25H18F2N4O3/c1-3-16-19(26)5-4-12-6-14(32)8-17(20(12)16)22-21(27)23-18(9-28-22)24(30-25(29-23)33-2)31-10-15-7-13(31)11-34-15/h1,4-6,8-9,13,15,32H,7,10-11H2,2H3/t13?,15-/m1/s1. The van der Waals surface area contributed by atoms with E-state index >= 15 is 4.39 Å². The lowest BCUT2D eigenvalue weighted by molar-refractivity contribution is 0.0989. The number of halogens is 2. The van der Waals surface area contributed by atoms with E-state index in [0.29, 0.717) is 29.7 Å². The molecule has 0 spiro atoms. The number of aromatic nitrogens is 3. The molecule has 170 valence electrons. The fourth-order valence-corrected chi connectivity index (χ4v) is 4.93. The molecule has 4 aromatic rings. The Bertz CT molecular complexity index is 1540. The zero-order valence-electron chi connectivity index (χ0n) is 18.0. The second-order valence-electron chi connectivity index (χ2n) is 8.37. The van der Waals surface area contributed by atoms with Crippen LogP contribution in [0.3, 0.4) is 0 Å². The number of methoxy groups -OCH3 is 1. The predicted octanol–water partition coefficient (Wildman–Crippen LogP) is 3.80. The minimum atomic E-state index is -0.751. The molecule has 0 aliphatic carbocycles. The first-order chi connectivity index (χ1) is 16.5. The van der Waals surface area contributed by atoms with E-state index < -0.39 is 11.6 Å².